The first-order valence-corrected chi connectivity index (χ1v) is 10.2. The molecule has 3 N–H and O–H groups in total. The summed E-state index contributed by atoms with van der Waals surface area (Å²) >= 11 is 5.56. The van der Waals surface area contributed by atoms with Crippen molar-refractivity contribution in [1.82, 2.24) is 10.2 Å². The van der Waals surface area contributed by atoms with E-state index < -0.39 is 30.2 Å². The number of ether oxygens (including phenoxy) is 3. The fourth-order valence-electron chi connectivity index (χ4n) is 4.68. The van der Waals surface area contributed by atoms with E-state index in [0.717, 1.165) is 5.69 Å². The van der Waals surface area contributed by atoms with Gasteiger partial charge in [0.05, 0.1) is 37.3 Å². The van der Waals surface area contributed by atoms with E-state index in [2.05, 4.69) is 5.32 Å². The number of hydrogen-bond donors (Lipinski definition) is 3. The van der Waals surface area contributed by atoms with Crippen molar-refractivity contribution in [3.05, 3.63) is 18.2 Å². The third-order valence-corrected chi connectivity index (χ3v) is 6.43. The lowest BCUT2D eigenvalue weighted by Gasteiger charge is -2.43. The quantitative estimate of drug-likeness (QED) is 0.543. The van der Waals surface area contributed by atoms with Crippen LogP contribution in [0.5, 0.6) is 11.5 Å². The molecular weight excluding hydrogens is 398 g/mol. The number of anilines is 1. The summed E-state index contributed by atoms with van der Waals surface area (Å²) in [6.07, 6.45) is -1.85. The van der Waals surface area contributed by atoms with E-state index in [4.69, 9.17) is 26.4 Å². The van der Waals surface area contributed by atoms with Crippen LogP contribution in [-0.2, 0) is 9.53 Å². The van der Waals surface area contributed by atoms with Crippen LogP contribution in [0.1, 0.15) is 6.42 Å². The van der Waals surface area contributed by atoms with Crippen LogP contribution in [0.4, 0.5) is 5.69 Å². The van der Waals surface area contributed by atoms with E-state index in [1.165, 1.54) is 0 Å². The van der Waals surface area contributed by atoms with E-state index in [9.17, 15) is 15.0 Å². The molecule has 5 atom stereocenters. The smallest absolute Gasteiger partial charge is 0.231 e. The third kappa shape index (κ3) is 3.10. The van der Waals surface area contributed by atoms with Gasteiger partial charge in [-0.15, -0.1) is 0 Å². The molecule has 5 rings (SSSR count). The predicted molar refractivity (Wildman–Crippen MR) is 106 cm³/mol. The van der Waals surface area contributed by atoms with E-state index in [1.54, 1.807) is 11.0 Å². The first-order chi connectivity index (χ1) is 14.0. The van der Waals surface area contributed by atoms with Crippen molar-refractivity contribution in [3.63, 3.8) is 0 Å². The topological polar surface area (TPSA) is 104 Å². The van der Waals surface area contributed by atoms with Gasteiger partial charge in [0.2, 0.25) is 12.7 Å². The minimum atomic E-state index is -1.02. The maximum absolute atomic E-state index is 13.4. The summed E-state index contributed by atoms with van der Waals surface area (Å²) < 4.78 is 16.2. The van der Waals surface area contributed by atoms with E-state index in [-0.39, 0.29) is 19.1 Å². The van der Waals surface area contributed by atoms with Crippen LogP contribution >= 0.6 is 12.2 Å². The number of fused-ring (bicyclic) bond motifs is 2. The molecular formula is C19H23N3O6S. The monoisotopic (exact) mass is 421 g/mol. The predicted octanol–water partition coefficient (Wildman–Crippen LogP) is -0.552. The normalized spacial score (nSPS) is 33.4. The number of carbonyl (C=O) groups excluding carboxylic acids is 1. The van der Waals surface area contributed by atoms with Gasteiger partial charge in [-0.05, 0) is 30.8 Å². The highest BCUT2D eigenvalue weighted by atomic mass is 32.1. The lowest BCUT2D eigenvalue weighted by atomic mass is 9.77. The molecule has 0 aromatic heterocycles. The average molecular weight is 421 g/mol. The molecule has 0 radical (unpaired) electrons. The second-order valence-corrected chi connectivity index (χ2v) is 8.10. The van der Waals surface area contributed by atoms with E-state index >= 15 is 0 Å². The molecule has 10 heteroatoms. The van der Waals surface area contributed by atoms with Crippen molar-refractivity contribution in [2.24, 2.45) is 5.92 Å². The summed E-state index contributed by atoms with van der Waals surface area (Å²) in [5.41, 5.74) is 0.752. The number of aliphatic hydroxyl groups excluding tert-OH is 2. The van der Waals surface area contributed by atoms with Crippen LogP contribution in [0.25, 0.3) is 0 Å². The van der Waals surface area contributed by atoms with Crippen molar-refractivity contribution in [2.75, 3.05) is 38.0 Å². The Morgan fingerprint density at radius 1 is 1.17 bits per heavy atom. The number of aliphatic hydroxyl groups is 2. The second kappa shape index (κ2) is 7.28. The summed E-state index contributed by atoms with van der Waals surface area (Å²) in [6.45, 7) is 2.21. The molecule has 156 valence electrons. The molecule has 1 aromatic carbocycles. The lowest BCUT2D eigenvalue weighted by Crippen LogP contribution is -2.61. The zero-order valence-electron chi connectivity index (χ0n) is 15.7. The van der Waals surface area contributed by atoms with Crippen LogP contribution in [-0.4, -0.2) is 83.5 Å². The first kappa shape index (κ1) is 18.9. The molecule has 3 aliphatic heterocycles. The Bertz CT molecular complexity index is 832. The van der Waals surface area contributed by atoms with Gasteiger partial charge < -0.3 is 39.5 Å². The van der Waals surface area contributed by atoms with E-state index in [1.807, 2.05) is 17.0 Å². The number of rotatable bonds is 2. The Labute approximate surface area is 173 Å². The molecule has 1 amide bonds. The third-order valence-electron chi connectivity index (χ3n) is 6.12. The van der Waals surface area contributed by atoms with Crippen LogP contribution in [0.3, 0.4) is 0 Å². The molecule has 1 aliphatic carbocycles. The summed E-state index contributed by atoms with van der Waals surface area (Å²) in [7, 11) is 0. The van der Waals surface area contributed by atoms with Crippen molar-refractivity contribution in [3.8, 4) is 11.5 Å². The molecule has 1 saturated carbocycles. The molecule has 9 nitrogen and oxygen atoms in total. The Hall–Kier alpha value is -2.14. The molecule has 4 aliphatic rings. The van der Waals surface area contributed by atoms with Gasteiger partial charge in [0.25, 0.3) is 0 Å². The van der Waals surface area contributed by atoms with Gasteiger partial charge in [-0.25, -0.2) is 0 Å². The summed E-state index contributed by atoms with van der Waals surface area (Å²) in [5.74, 6) is 0.700. The number of hydrogen-bond acceptors (Lipinski definition) is 7. The highest BCUT2D eigenvalue weighted by Crippen LogP contribution is 2.41. The van der Waals surface area contributed by atoms with Crippen molar-refractivity contribution < 1.29 is 29.2 Å². The fraction of sp³-hybridized carbons (Fsp3) is 0.579. The molecule has 0 bridgehead atoms. The Kier molecular flexibility index (Phi) is 4.73. The number of amides is 1. The lowest BCUT2D eigenvalue weighted by molar-refractivity contribution is -0.145. The number of benzene rings is 1. The number of morpholine rings is 1. The van der Waals surface area contributed by atoms with Crippen LogP contribution in [0.2, 0.25) is 0 Å². The summed E-state index contributed by atoms with van der Waals surface area (Å²) in [5, 5.41) is 24.6. The molecule has 2 saturated heterocycles. The zero-order chi connectivity index (χ0) is 20.1. The van der Waals surface area contributed by atoms with Crippen LogP contribution < -0.4 is 19.7 Å². The molecule has 1 aromatic rings. The standard InChI is InChI=1S/C19H23N3O6S/c23-12-8-11(18(25)21-3-5-26-6-4-21)16-15(17(12)24)20-19(29)22(16)10-1-2-13-14(7-10)28-9-27-13/h1-2,7,11-12,15-17,23-24H,3-6,8-9H2,(H,20,29). The number of carbonyl (C=O) groups is 1. The highest BCUT2D eigenvalue weighted by Gasteiger charge is 2.54. The average Bonchev–Trinajstić information content (AvgIpc) is 3.34. The van der Waals surface area contributed by atoms with Crippen LogP contribution in [0, 0.1) is 5.92 Å². The molecule has 29 heavy (non-hydrogen) atoms. The van der Waals surface area contributed by atoms with Crippen molar-refractivity contribution in [2.45, 2.75) is 30.7 Å². The zero-order valence-corrected chi connectivity index (χ0v) is 16.5. The fourth-order valence-corrected chi connectivity index (χ4v) is 5.04. The SMILES string of the molecule is O=C(C1CC(O)C(O)C2NC(=S)N(c3ccc4c(c3)OCO4)C12)N1CCOCC1. The van der Waals surface area contributed by atoms with Crippen LogP contribution in [0.15, 0.2) is 18.2 Å². The molecule has 5 unspecified atom stereocenters. The number of nitrogens with one attached hydrogen (secondary N) is 1. The van der Waals surface area contributed by atoms with E-state index in [0.29, 0.717) is 42.9 Å². The van der Waals surface area contributed by atoms with Crippen molar-refractivity contribution >= 4 is 28.9 Å². The largest absolute Gasteiger partial charge is 0.454 e. The maximum Gasteiger partial charge on any atom is 0.231 e. The van der Waals surface area contributed by atoms with Gasteiger partial charge in [-0.1, -0.05) is 0 Å². The second-order valence-electron chi connectivity index (χ2n) is 7.71. The molecule has 3 heterocycles. The maximum atomic E-state index is 13.4. The first-order valence-electron chi connectivity index (χ1n) is 9.76. The van der Waals surface area contributed by atoms with Gasteiger partial charge in [0, 0.05) is 24.8 Å². The Balaban J connectivity index is 1.50. The minimum absolute atomic E-state index is 0.0495. The Morgan fingerprint density at radius 3 is 2.72 bits per heavy atom. The van der Waals surface area contributed by atoms with Gasteiger partial charge >= 0.3 is 0 Å². The van der Waals surface area contributed by atoms with Gasteiger partial charge in [0.15, 0.2) is 16.6 Å². The Morgan fingerprint density at radius 2 is 1.93 bits per heavy atom. The van der Waals surface area contributed by atoms with Gasteiger partial charge in [0.1, 0.15) is 6.10 Å². The highest BCUT2D eigenvalue weighted by molar-refractivity contribution is 7.80. The summed E-state index contributed by atoms with van der Waals surface area (Å²) in [4.78, 5) is 17.0. The van der Waals surface area contributed by atoms with Gasteiger partial charge in [-0.2, -0.15) is 0 Å². The molecule has 3 fully saturated rings. The number of thiocarbonyl (C=S) groups is 1. The summed E-state index contributed by atoms with van der Waals surface area (Å²) in [6, 6.07) is 4.52. The minimum Gasteiger partial charge on any atom is -0.454 e. The molecule has 0 spiro atoms. The van der Waals surface area contributed by atoms with Crippen molar-refractivity contribution in [1.29, 1.82) is 0 Å². The van der Waals surface area contributed by atoms with Gasteiger partial charge in [-0.3, -0.25) is 4.79 Å². The number of nitrogens with zero attached hydrogens (tertiary/aromatic N) is 2.